The smallest absolute Gasteiger partial charge is 0.0723 e. The van der Waals surface area contributed by atoms with Gasteiger partial charge in [0.15, 0.2) is 0 Å². The fourth-order valence-corrected chi connectivity index (χ4v) is 6.07. The summed E-state index contributed by atoms with van der Waals surface area (Å²) in [5.74, 6) is 0.870. The molecule has 0 unspecified atom stereocenters. The molecule has 126 valence electrons. The van der Waals surface area contributed by atoms with Crippen LogP contribution in [0.1, 0.15) is 31.2 Å². The Balaban J connectivity index is 1.70. The third-order valence-electron chi connectivity index (χ3n) is 5.07. The molecule has 0 bridgehead atoms. The maximum absolute atomic E-state index is 4.80. The van der Waals surface area contributed by atoms with Gasteiger partial charge in [-0.1, -0.05) is 86.3 Å². The molecule has 4 rings (SSSR count). The van der Waals surface area contributed by atoms with Crippen molar-refractivity contribution in [1.29, 1.82) is 0 Å². The molecule has 25 heavy (non-hydrogen) atoms. The molecule has 1 aliphatic rings. The van der Waals surface area contributed by atoms with E-state index in [0.29, 0.717) is 0 Å². The predicted octanol–water partition coefficient (Wildman–Crippen LogP) is 4.57. The molecule has 1 aromatic heterocycles. The van der Waals surface area contributed by atoms with E-state index in [1.165, 1.54) is 53.7 Å². The van der Waals surface area contributed by atoms with Crippen molar-refractivity contribution < 1.29 is 0 Å². The van der Waals surface area contributed by atoms with E-state index in [2.05, 4.69) is 72.8 Å². The summed E-state index contributed by atoms with van der Waals surface area (Å²) < 4.78 is 0. The Morgan fingerprint density at radius 1 is 0.800 bits per heavy atom. The first-order valence-electron chi connectivity index (χ1n) is 9.25. The van der Waals surface area contributed by atoms with E-state index in [9.17, 15) is 0 Å². The summed E-state index contributed by atoms with van der Waals surface area (Å²) in [6, 6.07) is 26.3. The van der Waals surface area contributed by atoms with Crippen molar-refractivity contribution in [1.82, 2.24) is 4.98 Å². The van der Waals surface area contributed by atoms with Gasteiger partial charge in [0.1, 0.15) is 0 Å². The Morgan fingerprint density at radius 3 is 2.00 bits per heavy atom. The Kier molecular flexibility index (Phi) is 5.23. The van der Waals surface area contributed by atoms with Crippen molar-refractivity contribution in [3.63, 3.8) is 0 Å². The third kappa shape index (κ3) is 3.99. The topological polar surface area (TPSA) is 12.9 Å². The van der Waals surface area contributed by atoms with Crippen molar-refractivity contribution in [2.45, 2.75) is 32.1 Å². The summed E-state index contributed by atoms with van der Waals surface area (Å²) in [4.78, 5) is 4.80. The summed E-state index contributed by atoms with van der Waals surface area (Å²) in [5.41, 5.74) is 2.68. The zero-order chi connectivity index (χ0) is 16.9. The molecule has 0 spiro atoms. The Labute approximate surface area is 151 Å². The van der Waals surface area contributed by atoms with Gasteiger partial charge < -0.3 is 0 Å². The van der Waals surface area contributed by atoms with E-state index in [1.807, 2.05) is 6.20 Å². The van der Waals surface area contributed by atoms with E-state index in [4.69, 9.17) is 4.98 Å². The summed E-state index contributed by atoms with van der Waals surface area (Å²) in [7, 11) is -0.591. The molecule has 0 N–H and O–H groups in total. The molecule has 0 saturated heterocycles. The van der Waals surface area contributed by atoms with E-state index in [1.54, 1.807) is 0 Å². The van der Waals surface area contributed by atoms with Crippen LogP contribution in [0.25, 0.3) is 0 Å². The van der Waals surface area contributed by atoms with Crippen LogP contribution in [0, 0.1) is 5.92 Å². The summed E-state index contributed by atoms with van der Waals surface area (Å²) in [6.45, 7) is 0. The third-order valence-corrected chi connectivity index (χ3v) is 7.40. The Bertz CT molecular complexity index is 755. The maximum Gasteiger partial charge on any atom is 0.0723 e. The van der Waals surface area contributed by atoms with Crippen LogP contribution < -0.4 is 16.0 Å². The molecule has 2 aromatic carbocycles. The SMILES string of the molecule is c1ccc(P(c2ccccc2)c2cc(CC3CCCC3)ccn2)cc1. The largest absolute Gasteiger partial charge is 0.256 e. The number of hydrogen-bond donors (Lipinski definition) is 0. The van der Waals surface area contributed by atoms with Crippen LogP contribution in [0.2, 0.25) is 0 Å². The van der Waals surface area contributed by atoms with Gasteiger partial charge in [-0.05, 0) is 40.6 Å². The zero-order valence-electron chi connectivity index (χ0n) is 14.5. The number of nitrogens with zero attached hydrogens (tertiary/aromatic N) is 1. The number of aromatic nitrogens is 1. The van der Waals surface area contributed by atoms with Crippen molar-refractivity contribution in [3.8, 4) is 0 Å². The van der Waals surface area contributed by atoms with Gasteiger partial charge in [0.05, 0.1) is 5.44 Å². The summed E-state index contributed by atoms with van der Waals surface area (Å²) in [5, 5.41) is 2.74. The Hall–Kier alpha value is -1.98. The van der Waals surface area contributed by atoms with Crippen molar-refractivity contribution in [2.24, 2.45) is 5.92 Å². The van der Waals surface area contributed by atoms with Gasteiger partial charge in [-0.3, -0.25) is 4.98 Å². The lowest BCUT2D eigenvalue weighted by Gasteiger charge is -2.19. The van der Waals surface area contributed by atoms with Gasteiger partial charge in [0, 0.05) is 14.1 Å². The first-order chi connectivity index (χ1) is 12.4. The maximum atomic E-state index is 4.80. The molecule has 2 heteroatoms. The molecule has 0 amide bonds. The van der Waals surface area contributed by atoms with Crippen LogP contribution in [0.3, 0.4) is 0 Å². The molecule has 0 aliphatic heterocycles. The number of benzene rings is 2. The van der Waals surface area contributed by atoms with Crippen LogP contribution in [0.5, 0.6) is 0 Å². The average molecular weight is 345 g/mol. The zero-order valence-corrected chi connectivity index (χ0v) is 15.4. The first-order valence-corrected chi connectivity index (χ1v) is 10.6. The highest BCUT2D eigenvalue weighted by Gasteiger charge is 2.19. The molecule has 1 fully saturated rings. The second kappa shape index (κ2) is 7.93. The second-order valence-electron chi connectivity index (χ2n) is 6.88. The predicted molar refractivity (Wildman–Crippen MR) is 109 cm³/mol. The van der Waals surface area contributed by atoms with Crippen LogP contribution in [0.15, 0.2) is 79.0 Å². The fourth-order valence-electron chi connectivity index (χ4n) is 3.83. The Morgan fingerprint density at radius 2 is 1.40 bits per heavy atom. The van der Waals surface area contributed by atoms with E-state index < -0.39 is 7.92 Å². The van der Waals surface area contributed by atoms with Crippen LogP contribution >= 0.6 is 7.92 Å². The van der Waals surface area contributed by atoms with Gasteiger partial charge >= 0.3 is 0 Å². The highest BCUT2D eigenvalue weighted by molar-refractivity contribution is 7.79. The number of pyridine rings is 1. The standard InChI is InChI=1S/C23H24NP/c1-3-11-21(12-4-1)25(22-13-5-2-6-14-22)23-18-20(15-16-24-23)17-19-9-7-8-10-19/h1-6,11-16,18-19H,7-10,17H2. The average Bonchev–Trinajstić information content (AvgIpc) is 3.17. The number of rotatable bonds is 5. The van der Waals surface area contributed by atoms with E-state index in [-0.39, 0.29) is 0 Å². The van der Waals surface area contributed by atoms with Gasteiger partial charge in [0.2, 0.25) is 0 Å². The molecule has 3 aromatic rings. The minimum absolute atomic E-state index is 0.591. The minimum atomic E-state index is -0.591. The molecule has 1 heterocycles. The lowest BCUT2D eigenvalue weighted by atomic mass is 9.99. The first kappa shape index (κ1) is 16.5. The molecular formula is C23H24NP. The summed E-state index contributed by atoms with van der Waals surface area (Å²) >= 11 is 0. The van der Waals surface area contributed by atoms with Gasteiger partial charge in [-0.2, -0.15) is 0 Å². The lowest BCUT2D eigenvalue weighted by Crippen LogP contribution is -2.23. The lowest BCUT2D eigenvalue weighted by molar-refractivity contribution is 0.546. The van der Waals surface area contributed by atoms with Crippen molar-refractivity contribution in [2.75, 3.05) is 0 Å². The van der Waals surface area contributed by atoms with E-state index >= 15 is 0 Å². The van der Waals surface area contributed by atoms with Gasteiger partial charge in [-0.25, -0.2) is 0 Å². The fraction of sp³-hybridized carbons (Fsp3) is 0.261. The van der Waals surface area contributed by atoms with Gasteiger partial charge in [-0.15, -0.1) is 0 Å². The van der Waals surface area contributed by atoms with Crippen LogP contribution in [0.4, 0.5) is 0 Å². The normalized spacial score (nSPS) is 14.9. The van der Waals surface area contributed by atoms with Crippen molar-refractivity contribution >= 4 is 24.0 Å². The van der Waals surface area contributed by atoms with Gasteiger partial charge in [0.25, 0.3) is 0 Å². The van der Waals surface area contributed by atoms with E-state index in [0.717, 1.165) is 5.92 Å². The molecule has 0 atom stereocenters. The monoisotopic (exact) mass is 345 g/mol. The molecule has 1 aliphatic carbocycles. The highest BCUT2D eigenvalue weighted by Crippen LogP contribution is 2.33. The summed E-state index contributed by atoms with van der Waals surface area (Å²) in [6.07, 6.45) is 8.82. The second-order valence-corrected chi connectivity index (χ2v) is 9.05. The van der Waals surface area contributed by atoms with Crippen LogP contribution in [-0.2, 0) is 6.42 Å². The van der Waals surface area contributed by atoms with Crippen molar-refractivity contribution in [3.05, 3.63) is 84.6 Å². The van der Waals surface area contributed by atoms with Crippen LogP contribution in [-0.4, -0.2) is 4.98 Å². The molecule has 1 nitrogen and oxygen atoms in total. The highest BCUT2D eigenvalue weighted by atomic mass is 31.1. The molecule has 1 saturated carbocycles. The molecule has 0 radical (unpaired) electrons. The number of hydrogen-bond acceptors (Lipinski definition) is 1. The minimum Gasteiger partial charge on any atom is -0.256 e. The molecular weight excluding hydrogens is 321 g/mol. The quantitative estimate of drug-likeness (QED) is 0.617.